The van der Waals surface area contributed by atoms with Gasteiger partial charge in [0.2, 0.25) is 5.91 Å². The first kappa shape index (κ1) is 20.2. The summed E-state index contributed by atoms with van der Waals surface area (Å²) >= 11 is 0. The van der Waals surface area contributed by atoms with Crippen LogP contribution in [0.25, 0.3) is 0 Å². The largest absolute Gasteiger partial charge is 0.452 e. The highest BCUT2D eigenvalue weighted by Crippen LogP contribution is 2.19. The average Bonchev–Trinajstić information content (AvgIpc) is 2.82. The Kier molecular flexibility index (Phi) is 6.33. The molecule has 0 saturated heterocycles. The van der Waals surface area contributed by atoms with E-state index in [1.54, 1.807) is 42.9 Å². The number of carbonyl (C=O) groups is 3. The lowest BCUT2D eigenvalue weighted by Gasteiger charge is -2.14. The van der Waals surface area contributed by atoms with Crippen LogP contribution in [0.2, 0.25) is 0 Å². The molecule has 0 aliphatic carbocycles. The molecule has 1 aromatic heterocycles. The maximum absolute atomic E-state index is 12.3. The number of hydrogen-bond donors (Lipinski definition) is 2. The second-order valence-electron chi connectivity index (χ2n) is 6.35. The van der Waals surface area contributed by atoms with Crippen molar-refractivity contribution in [2.24, 2.45) is 7.05 Å². The maximum atomic E-state index is 12.3. The Hall–Kier alpha value is -3.16. The van der Waals surface area contributed by atoms with Crippen molar-refractivity contribution in [1.82, 2.24) is 9.78 Å². The summed E-state index contributed by atoms with van der Waals surface area (Å²) in [6.45, 7) is 6.58. The summed E-state index contributed by atoms with van der Waals surface area (Å²) in [4.78, 5) is 35.4. The summed E-state index contributed by atoms with van der Waals surface area (Å²) in [5, 5.41) is 9.64. The monoisotopic (exact) mass is 372 g/mol. The summed E-state index contributed by atoms with van der Waals surface area (Å²) in [7, 11) is 1.79. The van der Waals surface area contributed by atoms with Crippen molar-refractivity contribution in [3.8, 4) is 0 Å². The van der Waals surface area contributed by atoms with Crippen molar-refractivity contribution in [3.05, 3.63) is 41.2 Å². The Morgan fingerprint density at radius 1 is 1.15 bits per heavy atom. The van der Waals surface area contributed by atoms with Crippen LogP contribution in [-0.2, 0) is 32.6 Å². The number of esters is 1. The van der Waals surface area contributed by atoms with E-state index in [2.05, 4.69) is 15.7 Å². The van der Waals surface area contributed by atoms with Crippen LogP contribution in [0.4, 0.5) is 11.4 Å². The van der Waals surface area contributed by atoms with Gasteiger partial charge in [0.05, 0.1) is 23.5 Å². The third-order valence-corrected chi connectivity index (χ3v) is 4.06. The van der Waals surface area contributed by atoms with Gasteiger partial charge in [0.1, 0.15) is 0 Å². The van der Waals surface area contributed by atoms with E-state index in [1.807, 2.05) is 6.92 Å². The summed E-state index contributed by atoms with van der Waals surface area (Å²) in [6, 6.07) is 6.85. The van der Waals surface area contributed by atoms with Gasteiger partial charge in [0.25, 0.3) is 5.91 Å². The van der Waals surface area contributed by atoms with E-state index in [4.69, 9.17) is 4.74 Å². The molecule has 2 N–H and O–H groups in total. The Balaban J connectivity index is 1.90. The Labute approximate surface area is 157 Å². The number of anilines is 2. The van der Waals surface area contributed by atoms with Gasteiger partial charge in [-0.2, -0.15) is 5.10 Å². The molecule has 1 heterocycles. The predicted octanol–water partition coefficient (Wildman–Crippen LogP) is 2.11. The quantitative estimate of drug-likeness (QED) is 0.756. The molecule has 2 amide bonds. The third-order valence-electron chi connectivity index (χ3n) is 4.06. The molecule has 8 nitrogen and oxygen atoms in total. The third kappa shape index (κ3) is 5.40. The first-order valence-electron chi connectivity index (χ1n) is 8.54. The van der Waals surface area contributed by atoms with E-state index >= 15 is 0 Å². The first-order valence-corrected chi connectivity index (χ1v) is 8.54. The SMILES string of the molecule is CC(=O)Nc1ccc(CC(=O)O[C@@H](C)C(=O)Nc2c(C)nn(C)c2C)cc1. The molecule has 0 saturated carbocycles. The lowest BCUT2D eigenvalue weighted by molar-refractivity contribution is -0.152. The van der Waals surface area contributed by atoms with E-state index < -0.39 is 18.0 Å². The van der Waals surface area contributed by atoms with Gasteiger partial charge in [-0.05, 0) is 38.5 Å². The minimum atomic E-state index is -0.935. The normalized spacial score (nSPS) is 11.6. The van der Waals surface area contributed by atoms with E-state index in [9.17, 15) is 14.4 Å². The van der Waals surface area contributed by atoms with Crippen molar-refractivity contribution < 1.29 is 19.1 Å². The molecule has 0 spiro atoms. The number of hydrogen-bond acceptors (Lipinski definition) is 5. The first-order chi connectivity index (χ1) is 12.7. The summed E-state index contributed by atoms with van der Waals surface area (Å²) < 4.78 is 6.89. The maximum Gasteiger partial charge on any atom is 0.311 e. The number of aryl methyl sites for hydroxylation is 2. The minimum Gasteiger partial charge on any atom is -0.452 e. The van der Waals surface area contributed by atoms with Crippen LogP contribution in [0, 0.1) is 13.8 Å². The van der Waals surface area contributed by atoms with Gasteiger partial charge in [-0.1, -0.05) is 12.1 Å². The molecule has 0 bridgehead atoms. The molecule has 27 heavy (non-hydrogen) atoms. The minimum absolute atomic E-state index is 0.0307. The van der Waals surface area contributed by atoms with Gasteiger partial charge in [0.15, 0.2) is 6.10 Å². The average molecular weight is 372 g/mol. The van der Waals surface area contributed by atoms with Gasteiger partial charge in [-0.15, -0.1) is 0 Å². The van der Waals surface area contributed by atoms with Gasteiger partial charge in [-0.3, -0.25) is 19.1 Å². The van der Waals surface area contributed by atoms with Gasteiger partial charge in [0, 0.05) is 19.7 Å². The smallest absolute Gasteiger partial charge is 0.311 e. The molecular formula is C19H24N4O4. The predicted molar refractivity (Wildman–Crippen MR) is 101 cm³/mol. The lowest BCUT2D eigenvalue weighted by atomic mass is 10.1. The molecule has 0 aliphatic heterocycles. The second-order valence-corrected chi connectivity index (χ2v) is 6.35. The molecular weight excluding hydrogens is 348 g/mol. The number of ether oxygens (including phenoxy) is 1. The molecule has 1 atom stereocenters. The highest BCUT2D eigenvalue weighted by atomic mass is 16.5. The highest BCUT2D eigenvalue weighted by molar-refractivity contribution is 5.96. The fraction of sp³-hybridized carbons (Fsp3) is 0.368. The summed E-state index contributed by atoms with van der Waals surface area (Å²) in [5.41, 5.74) is 3.51. The van der Waals surface area contributed by atoms with E-state index in [1.165, 1.54) is 13.8 Å². The van der Waals surface area contributed by atoms with Gasteiger partial charge in [-0.25, -0.2) is 0 Å². The fourth-order valence-electron chi connectivity index (χ4n) is 2.55. The molecule has 0 aliphatic rings. The lowest BCUT2D eigenvalue weighted by Crippen LogP contribution is -2.30. The highest BCUT2D eigenvalue weighted by Gasteiger charge is 2.21. The van der Waals surface area contributed by atoms with Crippen LogP contribution >= 0.6 is 0 Å². The number of carbonyl (C=O) groups excluding carboxylic acids is 3. The van der Waals surface area contributed by atoms with Gasteiger partial charge < -0.3 is 15.4 Å². The molecule has 0 unspecified atom stereocenters. The number of rotatable bonds is 6. The number of nitrogens with one attached hydrogen (secondary N) is 2. The molecule has 144 valence electrons. The van der Waals surface area contributed by atoms with Crippen LogP contribution in [0.3, 0.4) is 0 Å². The standard InChI is InChI=1S/C19H24N4O4/c1-11-18(12(2)23(5)22-11)21-19(26)13(3)27-17(25)10-15-6-8-16(9-7-15)20-14(4)24/h6-9,13H,10H2,1-5H3,(H,20,24)(H,21,26)/t13-/m0/s1. The van der Waals surface area contributed by atoms with Crippen molar-refractivity contribution in [3.63, 3.8) is 0 Å². The number of amides is 2. The van der Waals surface area contributed by atoms with Crippen molar-refractivity contribution in [1.29, 1.82) is 0 Å². The van der Waals surface area contributed by atoms with Crippen molar-refractivity contribution in [2.75, 3.05) is 10.6 Å². The molecule has 2 rings (SSSR count). The summed E-state index contributed by atoms with van der Waals surface area (Å²) in [5.74, 6) is -1.09. The van der Waals surface area contributed by atoms with Crippen LogP contribution in [0.15, 0.2) is 24.3 Å². The topological polar surface area (TPSA) is 102 Å². The Bertz CT molecular complexity index is 855. The number of nitrogens with zero attached hydrogens (tertiary/aromatic N) is 2. The van der Waals surface area contributed by atoms with Crippen LogP contribution < -0.4 is 10.6 Å². The van der Waals surface area contributed by atoms with E-state index in [-0.39, 0.29) is 12.3 Å². The second kappa shape index (κ2) is 8.48. The Morgan fingerprint density at radius 3 is 2.30 bits per heavy atom. The molecule has 2 aromatic rings. The Morgan fingerprint density at radius 2 is 1.78 bits per heavy atom. The number of aromatic nitrogens is 2. The molecule has 0 radical (unpaired) electrons. The van der Waals surface area contributed by atoms with Crippen molar-refractivity contribution >= 4 is 29.2 Å². The summed E-state index contributed by atoms with van der Waals surface area (Å²) in [6.07, 6.45) is -0.904. The molecule has 1 aromatic carbocycles. The zero-order chi connectivity index (χ0) is 20.1. The van der Waals surface area contributed by atoms with Crippen molar-refractivity contribution in [2.45, 2.75) is 40.2 Å². The van der Waals surface area contributed by atoms with Gasteiger partial charge >= 0.3 is 5.97 Å². The van der Waals surface area contributed by atoms with E-state index in [0.717, 1.165) is 11.3 Å². The number of benzene rings is 1. The zero-order valence-electron chi connectivity index (χ0n) is 16.1. The zero-order valence-corrected chi connectivity index (χ0v) is 16.1. The molecule has 0 fully saturated rings. The van der Waals surface area contributed by atoms with Crippen LogP contribution in [-0.4, -0.2) is 33.7 Å². The molecule has 8 heteroatoms. The fourth-order valence-corrected chi connectivity index (χ4v) is 2.55. The van der Waals surface area contributed by atoms with Crippen LogP contribution in [0.1, 0.15) is 30.8 Å². The van der Waals surface area contributed by atoms with Crippen LogP contribution in [0.5, 0.6) is 0 Å². The van der Waals surface area contributed by atoms with E-state index in [0.29, 0.717) is 17.1 Å².